The largest absolute Gasteiger partial charge is 0.394 e. The molecule has 4 nitrogen and oxygen atoms in total. The van der Waals surface area contributed by atoms with Gasteiger partial charge >= 0.3 is 0 Å². The summed E-state index contributed by atoms with van der Waals surface area (Å²) >= 11 is 3.34. The fraction of sp³-hybridized carbons (Fsp3) is 0.385. The molecule has 0 amide bonds. The average molecular weight is 348 g/mol. The van der Waals surface area contributed by atoms with Gasteiger partial charge in [-0.25, -0.2) is 8.42 Å². The normalized spacial score (nSPS) is 13.5. The summed E-state index contributed by atoms with van der Waals surface area (Å²) in [6.07, 6.45) is 1.96. The Bertz CT molecular complexity index is 530. The molecule has 1 rings (SSSR count). The van der Waals surface area contributed by atoms with E-state index in [1.54, 1.807) is 18.2 Å². The summed E-state index contributed by atoms with van der Waals surface area (Å²) in [7, 11) is -1.92. The summed E-state index contributed by atoms with van der Waals surface area (Å²) in [5.74, 6) is -0.00248. The van der Waals surface area contributed by atoms with Crippen LogP contribution in [0.4, 0.5) is 0 Å². The van der Waals surface area contributed by atoms with Gasteiger partial charge in [0, 0.05) is 11.5 Å². The number of allylic oxidation sites excluding steroid dienone is 1. The molecule has 0 fully saturated rings. The lowest BCUT2D eigenvalue weighted by molar-refractivity contribution is 0.204. The number of hydrogen-bond donors (Lipinski definition) is 1. The van der Waals surface area contributed by atoms with E-state index in [0.29, 0.717) is 6.42 Å². The lowest BCUT2D eigenvalue weighted by Gasteiger charge is -2.26. The standard InChI is InChI=1S/C13H18BrNO3S/c1-3-4-8-19(17,18)15(2)13(10-16)11-6-5-7-12(14)9-11/h3,5-7,9,13,16H,1,4,8,10H2,2H3. The fourth-order valence-corrected chi connectivity index (χ4v) is 3.46. The van der Waals surface area contributed by atoms with Crippen LogP contribution in [0.25, 0.3) is 0 Å². The van der Waals surface area contributed by atoms with Crippen LogP contribution in [0.3, 0.4) is 0 Å². The van der Waals surface area contributed by atoms with E-state index in [1.807, 2.05) is 12.1 Å². The maximum Gasteiger partial charge on any atom is 0.214 e. The lowest BCUT2D eigenvalue weighted by Crippen LogP contribution is -2.34. The summed E-state index contributed by atoms with van der Waals surface area (Å²) in [4.78, 5) is 0. The summed E-state index contributed by atoms with van der Waals surface area (Å²) in [5, 5.41) is 9.49. The lowest BCUT2D eigenvalue weighted by atomic mass is 10.1. The number of benzene rings is 1. The van der Waals surface area contributed by atoms with Gasteiger partial charge in [0.15, 0.2) is 0 Å². The van der Waals surface area contributed by atoms with Crippen LogP contribution in [-0.4, -0.2) is 37.2 Å². The number of hydrogen-bond acceptors (Lipinski definition) is 3. The van der Waals surface area contributed by atoms with Gasteiger partial charge in [0.2, 0.25) is 10.0 Å². The van der Waals surface area contributed by atoms with Crippen LogP contribution in [-0.2, 0) is 10.0 Å². The molecule has 0 aliphatic carbocycles. The van der Waals surface area contributed by atoms with E-state index in [9.17, 15) is 13.5 Å². The molecule has 19 heavy (non-hydrogen) atoms. The molecule has 0 aromatic heterocycles. The molecule has 1 unspecified atom stereocenters. The highest BCUT2D eigenvalue weighted by molar-refractivity contribution is 9.10. The third kappa shape index (κ3) is 4.42. The third-order valence-corrected chi connectivity index (χ3v) is 5.24. The van der Waals surface area contributed by atoms with Gasteiger partial charge in [0.25, 0.3) is 0 Å². The minimum atomic E-state index is -3.41. The molecule has 0 aliphatic heterocycles. The van der Waals surface area contributed by atoms with E-state index >= 15 is 0 Å². The van der Waals surface area contributed by atoms with Gasteiger partial charge in [0.1, 0.15) is 0 Å². The number of aliphatic hydroxyl groups excluding tert-OH is 1. The Morgan fingerprint density at radius 3 is 2.74 bits per heavy atom. The predicted octanol–water partition coefficient (Wildman–Crippen LogP) is 2.32. The first-order chi connectivity index (χ1) is 8.92. The molecule has 0 radical (unpaired) electrons. The van der Waals surface area contributed by atoms with Gasteiger partial charge in [-0.2, -0.15) is 4.31 Å². The average Bonchev–Trinajstić information content (AvgIpc) is 2.37. The highest BCUT2D eigenvalue weighted by atomic mass is 79.9. The van der Waals surface area contributed by atoms with Gasteiger partial charge in [-0.3, -0.25) is 0 Å². The van der Waals surface area contributed by atoms with Crippen molar-refractivity contribution in [3.8, 4) is 0 Å². The van der Waals surface area contributed by atoms with Crippen LogP contribution in [0.5, 0.6) is 0 Å². The molecular formula is C13H18BrNO3S. The van der Waals surface area contributed by atoms with Crippen molar-refractivity contribution >= 4 is 26.0 Å². The van der Waals surface area contributed by atoms with E-state index in [-0.39, 0.29) is 12.4 Å². The van der Waals surface area contributed by atoms with Crippen molar-refractivity contribution in [2.45, 2.75) is 12.5 Å². The topological polar surface area (TPSA) is 57.6 Å². The molecular weight excluding hydrogens is 330 g/mol. The second kappa shape index (κ2) is 7.19. The number of likely N-dealkylation sites (N-methyl/N-ethyl adjacent to an activating group) is 1. The summed E-state index contributed by atoms with van der Waals surface area (Å²) in [6.45, 7) is 3.26. The predicted molar refractivity (Wildman–Crippen MR) is 80.3 cm³/mol. The third-order valence-electron chi connectivity index (χ3n) is 2.86. The molecule has 0 aliphatic rings. The zero-order valence-corrected chi connectivity index (χ0v) is 13.2. The van der Waals surface area contributed by atoms with Crippen LogP contribution >= 0.6 is 15.9 Å². The van der Waals surface area contributed by atoms with Crippen LogP contribution in [0.2, 0.25) is 0 Å². The number of halogens is 1. The smallest absolute Gasteiger partial charge is 0.214 e. The highest BCUT2D eigenvalue weighted by Gasteiger charge is 2.26. The first-order valence-electron chi connectivity index (χ1n) is 5.85. The summed E-state index contributed by atoms with van der Waals surface area (Å²) in [6, 6.07) is 6.69. The fourth-order valence-electron chi connectivity index (χ4n) is 1.71. The van der Waals surface area contributed by atoms with E-state index in [1.165, 1.54) is 11.4 Å². The Morgan fingerprint density at radius 2 is 2.21 bits per heavy atom. The van der Waals surface area contributed by atoms with E-state index in [0.717, 1.165) is 10.0 Å². The Hall–Kier alpha value is -0.690. The molecule has 1 aromatic carbocycles. The molecule has 106 valence electrons. The van der Waals surface area contributed by atoms with Crippen LogP contribution < -0.4 is 0 Å². The van der Waals surface area contributed by atoms with E-state index < -0.39 is 16.1 Å². The Labute approximate surface area is 122 Å². The molecule has 0 bridgehead atoms. The Kier molecular flexibility index (Phi) is 6.19. The molecule has 0 spiro atoms. The first kappa shape index (κ1) is 16.4. The van der Waals surface area contributed by atoms with Gasteiger partial charge in [-0.15, -0.1) is 6.58 Å². The minimum Gasteiger partial charge on any atom is -0.394 e. The summed E-state index contributed by atoms with van der Waals surface area (Å²) in [5.41, 5.74) is 0.751. The molecule has 0 saturated heterocycles. The molecule has 6 heteroatoms. The van der Waals surface area contributed by atoms with Crippen molar-refractivity contribution in [3.05, 3.63) is 47.0 Å². The van der Waals surface area contributed by atoms with Crippen molar-refractivity contribution in [1.82, 2.24) is 4.31 Å². The number of aliphatic hydroxyl groups is 1. The van der Waals surface area contributed by atoms with Crippen molar-refractivity contribution in [3.63, 3.8) is 0 Å². The number of rotatable bonds is 7. The van der Waals surface area contributed by atoms with Crippen molar-refractivity contribution in [1.29, 1.82) is 0 Å². The summed E-state index contributed by atoms with van der Waals surface area (Å²) < 4.78 is 26.3. The maximum atomic E-state index is 12.1. The Morgan fingerprint density at radius 1 is 1.53 bits per heavy atom. The van der Waals surface area contributed by atoms with Crippen LogP contribution in [0.1, 0.15) is 18.0 Å². The van der Waals surface area contributed by atoms with Gasteiger partial charge in [-0.05, 0) is 24.1 Å². The molecule has 1 atom stereocenters. The Balaban J connectivity index is 3.00. The SMILES string of the molecule is C=CCCS(=O)(=O)N(C)C(CO)c1cccc(Br)c1. The quantitative estimate of drug-likeness (QED) is 0.770. The van der Waals surface area contributed by atoms with Crippen LogP contribution in [0.15, 0.2) is 41.4 Å². The van der Waals surface area contributed by atoms with E-state index in [2.05, 4.69) is 22.5 Å². The van der Waals surface area contributed by atoms with Crippen molar-refractivity contribution < 1.29 is 13.5 Å². The second-order valence-electron chi connectivity index (χ2n) is 4.16. The minimum absolute atomic E-state index is 0.00248. The van der Waals surface area contributed by atoms with Crippen molar-refractivity contribution in [2.75, 3.05) is 19.4 Å². The zero-order chi connectivity index (χ0) is 14.5. The first-order valence-corrected chi connectivity index (χ1v) is 8.25. The van der Waals surface area contributed by atoms with Crippen LogP contribution in [0, 0.1) is 0 Å². The maximum absolute atomic E-state index is 12.1. The monoisotopic (exact) mass is 347 g/mol. The number of sulfonamides is 1. The molecule has 1 N–H and O–H groups in total. The van der Waals surface area contributed by atoms with E-state index in [4.69, 9.17) is 0 Å². The molecule has 1 aromatic rings. The second-order valence-corrected chi connectivity index (χ2v) is 7.23. The van der Waals surface area contributed by atoms with Crippen molar-refractivity contribution in [2.24, 2.45) is 0 Å². The molecule has 0 heterocycles. The number of nitrogens with zero attached hydrogens (tertiary/aromatic N) is 1. The highest BCUT2D eigenvalue weighted by Crippen LogP contribution is 2.24. The molecule has 0 saturated carbocycles. The van der Waals surface area contributed by atoms with Gasteiger partial charge in [0.05, 0.1) is 18.4 Å². The van der Waals surface area contributed by atoms with Gasteiger partial charge < -0.3 is 5.11 Å². The zero-order valence-electron chi connectivity index (χ0n) is 10.8. The van der Waals surface area contributed by atoms with Gasteiger partial charge in [-0.1, -0.05) is 34.1 Å².